The normalized spacial score (nSPS) is 19.6. The Morgan fingerprint density at radius 1 is 1.37 bits per heavy atom. The number of amides is 1. The van der Waals surface area contributed by atoms with Crippen molar-refractivity contribution in [1.29, 1.82) is 0 Å². The molecule has 0 radical (unpaired) electrons. The van der Waals surface area contributed by atoms with Gasteiger partial charge in [-0.1, -0.05) is 12.1 Å². The smallest absolute Gasteiger partial charge is 0.254 e. The Bertz CT molecular complexity index is 606. The van der Waals surface area contributed by atoms with Crippen LogP contribution in [0.25, 0.3) is 10.9 Å². The van der Waals surface area contributed by atoms with Gasteiger partial charge < -0.3 is 10.2 Å². The fourth-order valence-electron chi connectivity index (χ4n) is 2.58. The van der Waals surface area contributed by atoms with E-state index in [4.69, 9.17) is 0 Å². The molecule has 0 unspecified atom stereocenters. The Labute approximate surface area is 112 Å². The van der Waals surface area contributed by atoms with Crippen molar-refractivity contribution in [2.24, 2.45) is 0 Å². The molecular weight excluding hydrogens is 238 g/mol. The van der Waals surface area contributed by atoms with Crippen molar-refractivity contribution in [3.63, 3.8) is 0 Å². The van der Waals surface area contributed by atoms with Crippen molar-refractivity contribution in [1.82, 2.24) is 15.2 Å². The first-order valence-corrected chi connectivity index (χ1v) is 6.62. The van der Waals surface area contributed by atoms with Crippen LogP contribution < -0.4 is 5.32 Å². The summed E-state index contributed by atoms with van der Waals surface area (Å²) >= 11 is 0. The average Bonchev–Trinajstić information content (AvgIpc) is 2.46. The molecule has 2 heterocycles. The molecule has 1 atom stereocenters. The van der Waals surface area contributed by atoms with E-state index in [1.165, 1.54) is 0 Å². The van der Waals surface area contributed by atoms with Gasteiger partial charge in [0, 0.05) is 42.8 Å². The predicted molar refractivity (Wildman–Crippen MR) is 75.1 cm³/mol. The molecule has 4 nitrogen and oxygen atoms in total. The molecule has 1 aromatic heterocycles. The number of piperazine rings is 1. The number of carbonyl (C=O) groups excluding carboxylic acids is 1. The summed E-state index contributed by atoms with van der Waals surface area (Å²) in [6.45, 7) is 4.48. The minimum Gasteiger partial charge on any atom is -0.336 e. The highest BCUT2D eigenvalue weighted by Gasteiger charge is 2.22. The lowest BCUT2D eigenvalue weighted by Gasteiger charge is -2.32. The van der Waals surface area contributed by atoms with Crippen molar-refractivity contribution in [2.75, 3.05) is 19.6 Å². The van der Waals surface area contributed by atoms with Gasteiger partial charge in [-0.25, -0.2) is 0 Å². The van der Waals surface area contributed by atoms with Crippen molar-refractivity contribution in [3.8, 4) is 0 Å². The Kier molecular flexibility index (Phi) is 3.17. The zero-order valence-corrected chi connectivity index (χ0v) is 11.0. The SMILES string of the molecule is C[C@H]1CN(C(=O)c2cccc3ncccc23)CCN1. The summed E-state index contributed by atoms with van der Waals surface area (Å²) < 4.78 is 0. The van der Waals surface area contributed by atoms with Crippen LogP contribution in [0.5, 0.6) is 0 Å². The summed E-state index contributed by atoms with van der Waals surface area (Å²) in [5.41, 5.74) is 1.62. The van der Waals surface area contributed by atoms with Crippen molar-refractivity contribution in [2.45, 2.75) is 13.0 Å². The summed E-state index contributed by atoms with van der Waals surface area (Å²) in [6.07, 6.45) is 1.75. The van der Waals surface area contributed by atoms with Gasteiger partial charge in [0.1, 0.15) is 0 Å². The highest BCUT2D eigenvalue weighted by Crippen LogP contribution is 2.18. The van der Waals surface area contributed by atoms with Crippen LogP contribution in [-0.2, 0) is 0 Å². The van der Waals surface area contributed by atoms with E-state index in [1.807, 2.05) is 35.2 Å². The molecule has 0 bridgehead atoms. The molecule has 2 aromatic rings. The Hall–Kier alpha value is -1.94. The molecule has 1 aromatic carbocycles. The van der Waals surface area contributed by atoms with Gasteiger partial charge in [0.25, 0.3) is 5.91 Å². The molecule has 4 heteroatoms. The van der Waals surface area contributed by atoms with E-state index in [0.717, 1.165) is 36.1 Å². The largest absolute Gasteiger partial charge is 0.336 e. The highest BCUT2D eigenvalue weighted by molar-refractivity contribution is 6.06. The molecule has 3 rings (SSSR count). The van der Waals surface area contributed by atoms with Crippen LogP contribution in [0.4, 0.5) is 0 Å². The van der Waals surface area contributed by atoms with Crippen LogP contribution in [-0.4, -0.2) is 41.5 Å². The standard InChI is InChI=1S/C15H17N3O/c1-11-10-18(9-8-16-11)15(19)13-4-2-6-14-12(13)5-3-7-17-14/h2-7,11,16H,8-10H2,1H3/t11-/m0/s1. The molecular formula is C15H17N3O. The second-order valence-electron chi connectivity index (χ2n) is 4.98. The van der Waals surface area contributed by atoms with E-state index in [0.29, 0.717) is 6.04 Å². The van der Waals surface area contributed by atoms with Crippen LogP contribution in [0.15, 0.2) is 36.5 Å². The topological polar surface area (TPSA) is 45.2 Å². The fourth-order valence-corrected chi connectivity index (χ4v) is 2.58. The number of nitrogens with one attached hydrogen (secondary N) is 1. The first-order chi connectivity index (χ1) is 9.25. The Morgan fingerprint density at radius 3 is 3.11 bits per heavy atom. The van der Waals surface area contributed by atoms with Gasteiger partial charge in [0.2, 0.25) is 0 Å². The number of hydrogen-bond donors (Lipinski definition) is 1. The van der Waals surface area contributed by atoms with Gasteiger partial charge in [-0.3, -0.25) is 9.78 Å². The lowest BCUT2D eigenvalue weighted by atomic mass is 10.1. The van der Waals surface area contributed by atoms with Gasteiger partial charge in [0.05, 0.1) is 5.52 Å². The second kappa shape index (κ2) is 4.97. The molecule has 1 amide bonds. The van der Waals surface area contributed by atoms with Crippen molar-refractivity contribution < 1.29 is 4.79 Å². The van der Waals surface area contributed by atoms with Crippen LogP contribution in [0, 0.1) is 0 Å². The maximum absolute atomic E-state index is 12.6. The highest BCUT2D eigenvalue weighted by atomic mass is 16.2. The minimum atomic E-state index is 0.104. The van der Waals surface area contributed by atoms with E-state index < -0.39 is 0 Å². The summed E-state index contributed by atoms with van der Waals surface area (Å²) in [5.74, 6) is 0.104. The molecule has 1 N–H and O–H groups in total. The van der Waals surface area contributed by atoms with E-state index in [2.05, 4.69) is 17.2 Å². The Balaban J connectivity index is 1.97. The third-order valence-electron chi connectivity index (χ3n) is 3.53. The van der Waals surface area contributed by atoms with E-state index in [9.17, 15) is 4.79 Å². The minimum absolute atomic E-state index is 0.104. The maximum Gasteiger partial charge on any atom is 0.254 e. The maximum atomic E-state index is 12.6. The summed E-state index contributed by atoms with van der Waals surface area (Å²) in [7, 11) is 0. The molecule has 19 heavy (non-hydrogen) atoms. The fraction of sp³-hybridized carbons (Fsp3) is 0.333. The van der Waals surface area contributed by atoms with Crippen LogP contribution in [0.3, 0.4) is 0 Å². The quantitative estimate of drug-likeness (QED) is 0.843. The molecule has 1 saturated heterocycles. The molecule has 0 aliphatic carbocycles. The summed E-state index contributed by atoms with van der Waals surface area (Å²) in [4.78, 5) is 18.9. The number of nitrogens with zero attached hydrogens (tertiary/aromatic N) is 2. The second-order valence-corrected chi connectivity index (χ2v) is 4.98. The third-order valence-corrected chi connectivity index (χ3v) is 3.53. The lowest BCUT2D eigenvalue weighted by Crippen LogP contribution is -2.51. The zero-order valence-electron chi connectivity index (χ0n) is 11.0. The number of fused-ring (bicyclic) bond motifs is 1. The molecule has 98 valence electrons. The molecule has 1 aliphatic rings. The predicted octanol–water partition coefficient (Wildman–Crippen LogP) is 1.67. The van der Waals surface area contributed by atoms with Gasteiger partial charge >= 0.3 is 0 Å². The van der Waals surface area contributed by atoms with Gasteiger partial charge in [0.15, 0.2) is 0 Å². The first-order valence-electron chi connectivity index (χ1n) is 6.62. The third kappa shape index (κ3) is 2.31. The summed E-state index contributed by atoms with van der Waals surface area (Å²) in [5, 5.41) is 4.28. The number of aromatic nitrogens is 1. The van der Waals surface area contributed by atoms with Crippen molar-refractivity contribution >= 4 is 16.8 Å². The van der Waals surface area contributed by atoms with Crippen LogP contribution in [0.2, 0.25) is 0 Å². The molecule has 0 saturated carbocycles. The van der Waals surface area contributed by atoms with E-state index >= 15 is 0 Å². The van der Waals surface area contributed by atoms with E-state index in [1.54, 1.807) is 6.20 Å². The van der Waals surface area contributed by atoms with Gasteiger partial charge in [-0.2, -0.15) is 0 Å². The van der Waals surface area contributed by atoms with Gasteiger partial charge in [-0.05, 0) is 25.1 Å². The lowest BCUT2D eigenvalue weighted by molar-refractivity contribution is 0.0711. The molecule has 1 aliphatic heterocycles. The number of pyridine rings is 1. The summed E-state index contributed by atoms with van der Waals surface area (Å²) in [6, 6.07) is 9.91. The number of carbonyl (C=O) groups is 1. The monoisotopic (exact) mass is 255 g/mol. The number of rotatable bonds is 1. The average molecular weight is 255 g/mol. The molecule has 0 spiro atoms. The van der Waals surface area contributed by atoms with Gasteiger partial charge in [-0.15, -0.1) is 0 Å². The number of hydrogen-bond acceptors (Lipinski definition) is 3. The zero-order chi connectivity index (χ0) is 13.2. The van der Waals surface area contributed by atoms with Crippen LogP contribution >= 0.6 is 0 Å². The first kappa shape index (κ1) is 12.1. The Morgan fingerprint density at radius 2 is 2.26 bits per heavy atom. The molecule has 1 fully saturated rings. The number of benzene rings is 1. The van der Waals surface area contributed by atoms with Crippen molar-refractivity contribution in [3.05, 3.63) is 42.1 Å². The van der Waals surface area contributed by atoms with E-state index in [-0.39, 0.29) is 5.91 Å². The van der Waals surface area contributed by atoms with Crippen LogP contribution in [0.1, 0.15) is 17.3 Å².